The zero-order valence-corrected chi connectivity index (χ0v) is 15.1. The number of rotatable bonds is 10. The fraction of sp³-hybridized carbons (Fsp3) is 0.429. The lowest BCUT2D eigenvalue weighted by atomic mass is 10.1. The highest BCUT2D eigenvalue weighted by Gasteiger charge is 2.08. The van der Waals surface area contributed by atoms with Crippen molar-refractivity contribution in [3.8, 4) is 11.5 Å². The van der Waals surface area contributed by atoms with Crippen molar-refractivity contribution in [3.63, 3.8) is 0 Å². The molecule has 3 nitrogen and oxygen atoms in total. The van der Waals surface area contributed by atoms with Crippen LogP contribution >= 0.6 is 0 Å². The van der Waals surface area contributed by atoms with Gasteiger partial charge < -0.3 is 14.4 Å². The molecule has 0 heterocycles. The lowest BCUT2D eigenvalue weighted by Gasteiger charge is -2.22. The van der Waals surface area contributed by atoms with Crippen molar-refractivity contribution in [2.75, 3.05) is 33.9 Å². The Bertz CT molecular complexity index is 598. The molecule has 2 aromatic carbocycles. The smallest absolute Gasteiger partial charge is 0.160 e. The van der Waals surface area contributed by atoms with E-state index in [9.17, 15) is 0 Å². The molecule has 24 heavy (non-hydrogen) atoms. The van der Waals surface area contributed by atoms with Crippen molar-refractivity contribution in [3.05, 3.63) is 59.7 Å². The number of benzene rings is 2. The Balaban J connectivity index is 1.90. The van der Waals surface area contributed by atoms with Gasteiger partial charge in [0.1, 0.15) is 0 Å². The quantitative estimate of drug-likeness (QED) is 0.653. The van der Waals surface area contributed by atoms with Crippen LogP contribution < -0.4 is 9.47 Å². The van der Waals surface area contributed by atoms with Crippen LogP contribution in [0.15, 0.2) is 48.5 Å². The first-order valence-corrected chi connectivity index (χ1v) is 8.74. The second-order valence-corrected chi connectivity index (χ2v) is 6.02. The molecule has 0 aliphatic rings. The van der Waals surface area contributed by atoms with Gasteiger partial charge in [-0.2, -0.15) is 0 Å². The average molecular weight is 327 g/mol. The molecule has 0 atom stereocenters. The number of methoxy groups -OCH3 is 2. The van der Waals surface area contributed by atoms with Gasteiger partial charge in [0.25, 0.3) is 0 Å². The standard InChI is InChI=1S/C21H29NO2/c1-4-14-22(15-12-18-8-6-5-7-9-18)16-13-19-10-11-20(23-2)21(17-19)24-3/h5-11,17H,4,12-16H2,1-3H3. The molecule has 0 radical (unpaired) electrons. The van der Waals surface area contributed by atoms with Crippen molar-refractivity contribution < 1.29 is 9.47 Å². The maximum absolute atomic E-state index is 5.40. The summed E-state index contributed by atoms with van der Waals surface area (Å²) in [7, 11) is 3.36. The number of hydrogen-bond donors (Lipinski definition) is 0. The second-order valence-electron chi connectivity index (χ2n) is 6.02. The number of ether oxygens (including phenoxy) is 2. The molecule has 130 valence electrons. The number of nitrogens with zero attached hydrogens (tertiary/aromatic N) is 1. The molecular weight excluding hydrogens is 298 g/mol. The molecule has 0 spiro atoms. The van der Waals surface area contributed by atoms with Crippen LogP contribution in [0.5, 0.6) is 11.5 Å². The van der Waals surface area contributed by atoms with Crippen LogP contribution in [-0.4, -0.2) is 38.8 Å². The largest absolute Gasteiger partial charge is 0.493 e. The van der Waals surface area contributed by atoms with E-state index < -0.39 is 0 Å². The highest BCUT2D eigenvalue weighted by atomic mass is 16.5. The first kappa shape index (κ1) is 18.3. The van der Waals surface area contributed by atoms with E-state index in [1.165, 1.54) is 17.5 Å². The van der Waals surface area contributed by atoms with E-state index in [2.05, 4.69) is 54.3 Å². The van der Waals surface area contributed by atoms with E-state index in [-0.39, 0.29) is 0 Å². The molecule has 0 aliphatic carbocycles. The zero-order valence-electron chi connectivity index (χ0n) is 15.1. The van der Waals surface area contributed by atoms with Crippen LogP contribution in [0.1, 0.15) is 24.5 Å². The zero-order chi connectivity index (χ0) is 17.2. The highest BCUT2D eigenvalue weighted by Crippen LogP contribution is 2.27. The summed E-state index contributed by atoms with van der Waals surface area (Å²) < 4.78 is 10.7. The monoisotopic (exact) mass is 327 g/mol. The summed E-state index contributed by atoms with van der Waals surface area (Å²) in [5.41, 5.74) is 2.69. The van der Waals surface area contributed by atoms with Crippen molar-refractivity contribution in [2.24, 2.45) is 0 Å². The predicted octanol–water partition coefficient (Wildman–Crippen LogP) is 4.20. The summed E-state index contributed by atoms with van der Waals surface area (Å²) in [6.07, 6.45) is 3.31. The van der Waals surface area contributed by atoms with E-state index >= 15 is 0 Å². The minimum absolute atomic E-state index is 0.788. The van der Waals surface area contributed by atoms with Crippen LogP contribution in [0.4, 0.5) is 0 Å². The molecule has 0 saturated carbocycles. The first-order valence-electron chi connectivity index (χ1n) is 8.74. The van der Waals surface area contributed by atoms with E-state index in [1.807, 2.05) is 6.07 Å². The molecule has 0 aliphatic heterocycles. The molecule has 2 rings (SSSR count). The lowest BCUT2D eigenvalue weighted by molar-refractivity contribution is 0.280. The number of hydrogen-bond acceptors (Lipinski definition) is 3. The fourth-order valence-corrected chi connectivity index (χ4v) is 2.91. The molecule has 0 unspecified atom stereocenters. The fourth-order valence-electron chi connectivity index (χ4n) is 2.91. The van der Waals surface area contributed by atoms with Crippen molar-refractivity contribution in [1.29, 1.82) is 0 Å². The third kappa shape index (κ3) is 5.57. The van der Waals surface area contributed by atoms with Crippen molar-refractivity contribution in [1.82, 2.24) is 4.90 Å². The summed E-state index contributed by atoms with van der Waals surface area (Å²) in [6, 6.07) is 16.9. The van der Waals surface area contributed by atoms with Gasteiger partial charge in [0.2, 0.25) is 0 Å². The van der Waals surface area contributed by atoms with Crippen molar-refractivity contribution >= 4 is 0 Å². The molecule has 3 heteroatoms. The minimum atomic E-state index is 0.788. The maximum Gasteiger partial charge on any atom is 0.160 e. The SMILES string of the molecule is CCCN(CCc1ccccc1)CCc1ccc(OC)c(OC)c1. The van der Waals surface area contributed by atoms with E-state index in [0.29, 0.717) is 0 Å². The van der Waals surface area contributed by atoms with Crippen LogP contribution in [0.3, 0.4) is 0 Å². The summed E-state index contributed by atoms with van der Waals surface area (Å²) in [6.45, 7) is 5.55. The van der Waals surface area contributed by atoms with E-state index in [4.69, 9.17) is 9.47 Å². The Morgan fingerprint density at radius 3 is 2.04 bits per heavy atom. The Kier molecular flexibility index (Phi) is 7.63. The predicted molar refractivity (Wildman–Crippen MR) is 100 cm³/mol. The van der Waals surface area contributed by atoms with Crippen LogP contribution in [0.25, 0.3) is 0 Å². The van der Waals surface area contributed by atoms with Gasteiger partial charge >= 0.3 is 0 Å². The normalized spacial score (nSPS) is 10.8. The Labute approximate surface area is 146 Å². The van der Waals surface area contributed by atoms with Gasteiger partial charge in [0.05, 0.1) is 14.2 Å². The van der Waals surface area contributed by atoms with Gasteiger partial charge in [-0.15, -0.1) is 0 Å². The molecular formula is C21H29NO2. The Hall–Kier alpha value is -2.00. The van der Waals surface area contributed by atoms with E-state index in [0.717, 1.165) is 44.0 Å². The van der Waals surface area contributed by atoms with Crippen molar-refractivity contribution in [2.45, 2.75) is 26.2 Å². The van der Waals surface area contributed by atoms with E-state index in [1.54, 1.807) is 14.2 Å². The van der Waals surface area contributed by atoms with Gasteiger partial charge in [-0.25, -0.2) is 0 Å². The van der Waals surface area contributed by atoms with Gasteiger partial charge in [-0.05, 0) is 49.1 Å². The minimum Gasteiger partial charge on any atom is -0.493 e. The van der Waals surface area contributed by atoms with Gasteiger partial charge in [0.15, 0.2) is 11.5 Å². The molecule has 0 bridgehead atoms. The first-order chi connectivity index (χ1) is 11.8. The molecule has 0 N–H and O–H groups in total. The molecule has 0 saturated heterocycles. The van der Waals surface area contributed by atoms with Gasteiger partial charge in [0, 0.05) is 13.1 Å². The Morgan fingerprint density at radius 2 is 1.42 bits per heavy atom. The highest BCUT2D eigenvalue weighted by molar-refractivity contribution is 5.42. The van der Waals surface area contributed by atoms with Crippen LogP contribution in [-0.2, 0) is 12.8 Å². The van der Waals surface area contributed by atoms with Crippen LogP contribution in [0.2, 0.25) is 0 Å². The summed E-state index contributed by atoms with van der Waals surface area (Å²) >= 11 is 0. The maximum atomic E-state index is 5.40. The van der Waals surface area contributed by atoms with Gasteiger partial charge in [-0.1, -0.05) is 43.3 Å². The topological polar surface area (TPSA) is 21.7 Å². The molecule has 0 aromatic heterocycles. The second kappa shape index (κ2) is 9.99. The van der Waals surface area contributed by atoms with Crippen LogP contribution in [0, 0.1) is 0 Å². The average Bonchev–Trinajstić information content (AvgIpc) is 2.64. The third-order valence-corrected chi connectivity index (χ3v) is 4.26. The summed E-state index contributed by atoms with van der Waals surface area (Å²) in [5, 5.41) is 0. The summed E-state index contributed by atoms with van der Waals surface area (Å²) in [5.74, 6) is 1.59. The molecule has 2 aromatic rings. The third-order valence-electron chi connectivity index (χ3n) is 4.26. The molecule has 0 amide bonds. The summed E-state index contributed by atoms with van der Waals surface area (Å²) in [4.78, 5) is 2.55. The van der Waals surface area contributed by atoms with Gasteiger partial charge in [-0.3, -0.25) is 0 Å². The Morgan fingerprint density at radius 1 is 0.750 bits per heavy atom. The lowest BCUT2D eigenvalue weighted by Crippen LogP contribution is -2.29. The molecule has 0 fully saturated rings.